The molecule has 3 heteroatoms. The molecule has 3 nitrogen and oxygen atoms in total. The van der Waals surface area contributed by atoms with Gasteiger partial charge in [0, 0.05) is 17.8 Å². The summed E-state index contributed by atoms with van der Waals surface area (Å²) in [5.41, 5.74) is 0.309. The van der Waals surface area contributed by atoms with Gasteiger partial charge in [-0.15, -0.1) is 0 Å². The molecule has 3 rings (SSSR count). The molecule has 0 spiro atoms. The molecule has 0 amide bonds. The number of aromatic nitrogens is 1. The van der Waals surface area contributed by atoms with Crippen LogP contribution < -0.4 is 5.32 Å². The molecule has 1 atom stereocenters. The average Bonchev–Trinajstić information content (AvgIpc) is 2.64. The van der Waals surface area contributed by atoms with Crippen molar-refractivity contribution in [3.63, 3.8) is 0 Å². The molecule has 1 aromatic carbocycles. The lowest BCUT2D eigenvalue weighted by atomic mass is 9.84. The fraction of sp³-hybridized carbons (Fsp3) is 0.400. The van der Waals surface area contributed by atoms with Crippen LogP contribution in [-0.4, -0.2) is 23.2 Å². The molecule has 1 aliphatic rings. The molecule has 0 bridgehead atoms. The van der Waals surface area contributed by atoms with Crippen molar-refractivity contribution in [3.8, 4) is 0 Å². The van der Waals surface area contributed by atoms with Crippen molar-refractivity contribution >= 4 is 10.8 Å². The highest BCUT2D eigenvalue weighted by molar-refractivity contribution is 5.85. The van der Waals surface area contributed by atoms with Gasteiger partial charge in [-0.1, -0.05) is 18.2 Å². The minimum Gasteiger partial charge on any atom is -0.385 e. The molecule has 1 aliphatic heterocycles. The zero-order valence-corrected chi connectivity index (χ0v) is 10.4. The van der Waals surface area contributed by atoms with Gasteiger partial charge in [-0.25, -0.2) is 0 Å². The van der Waals surface area contributed by atoms with Crippen molar-refractivity contribution < 1.29 is 5.11 Å². The lowest BCUT2D eigenvalue weighted by Gasteiger charge is -2.28. The van der Waals surface area contributed by atoms with Crippen molar-refractivity contribution in [1.82, 2.24) is 10.3 Å². The molecule has 2 heterocycles. The summed E-state index contributed by atoms with van der Waals surface area (Å²) < 4.78 is 0. The van der Waals surface area contributed by atoms with E-state index in [-0.39, 0.29) is 0 Å². The summed E-state index contributed by atoms with van der Waals surface area (Å²) in [6.07, 6.45) is 6.24. The molecule has 1 unspecified atom stereocenters. The summed E-state index contributed by atoms with van der Waals surface area (Å²) in [5, 5.41) is 16.5. The maximum atomic E-state index is 11.0. The van der Waals surface area contributed by atoms with E-state index in [4.69, 9.17) is 0 Å². The lowest BCUT2D eigenvalue weighted by Crippen LogP contribution is -2.27. The Balaban J connectivity index is 2.12. The number of benzene rings is 1. The van der Waals surface area contributed by atoms with Gasteiger partial charge >= 0.3 is 0 Å². The van der Waals surface area contributed by atoms with Crippen molar-refractivity contribution in [2.75, 3.05) is 13.1 Å². The summed E-state index contributed by atoms with van der Waals surface area (Å²) in [7, 11) is 0. The normalized spacial score (nSPS) is 24.9. The van der Waals surface area contributed by atoms with Crippen LogP contribution in [0.3, 0.4) is 0 Å². The van der Waals surface area contributed by atoms with E-state index in [0.717, 1.165) is 48.7 Å². The number of fused-ring (bicyclic) bond motifs is 1. The summed E-state index contributed by atoms with van der Waals surface area (Å²) >= 11 is 0. The molecule has 2 aromatic rings. The fourth-order valence-electron chi connectivity index (χ4n) is 2.84. The van der Waals surface area contributed by atoms with Crippen molar-refractivity contribution in [2.45, 2.75) is 24.9 Å². The largest absolute Gasteiger partial charge is 0.385 e. The average molecular weight is 242 g/mol. The summed E-state index contributed by atoms with van der Waals surface area (Å²) in [4.78, 5) is 4.20. The molecule has 0 saturated carbocycles. The molecule has 1 aromatic heterocycles. The molecule has 1 saturated heterocycles. The Morgan fingerprint density at radius 1 is 1.17 bits per heavy atom. The van der Waals surface area contributed by atoms with Crippen LogP contribution in [-0.2, 0) is 5.60 Å². The zero-order valence-electron chi connectivity index (χ0n) is 10.4. The third kappa shape index (κ3) is 2.00. The second-order valence-corrected chi connectivity index (χ2v) is 5.04. The van der Waals surface area contributed by atoms with Crippen molar-refractivity contribution in [2.24, 2.45) is 0 Å². The van der Waals surface area contributed by atoms with E-state index < -0.39 is 5.60 Å². The smallest absolute Gasteiger partial charge is 0.0915 e. The number of pyridine rings is 1. The van der Waals surface area contributed by atoms with Gasteiger partial charge in [0.25, 0.3) is 0 Å². The first-order valence-corrected chi connectivity index (χ1v) is 6.56. The van der Waals surface area contributed by atoms with Crippen molar-refractivity contribution in [3.05, 3.63) is 42.2 Å². The Morgan fingerprint density at radius 3 is 3.06 bits per heavy atom. The van der Waals surface area contributed by atoms with E-state index in [1.165, 1.54) is 0 Å². The quantitative estimate of drug-likeness (QED) is 0.805. The van der Waals surface area contributed by atoms with Gasteiger partial charge in [-0.3, -0.25) is 4.98 Å². The molecular formula is C15H18N2O. The Hall–Kier alpha value is -1.45. The predicted octanol–water partition coefficient (Wildman–Crippen LogP) is 2.20. The van der Waals surface area contributed by atoms with Gasteiger partial charge in [0.15, 0.2) is 0 Å². The fourth-order valence-corrected chi connectivity index (χ4v) is 2.84. The van der Waals surface area contributed by atoms with Crippen LogP contribution in [0.4, 0.5) is 0 Å². The van der Waals surface area contributed by atoms with Crippen LogP contribution in [0.2, 0.25) is 0 Å². The third-order valence-electron chi connectivity index (χ3n) is 3.84. The summed E-state index contributed by atoms with van der Waals surface area (Å²) in [6.45, 7) is 1.86. The monoisotopic (exact) mass is 242 g/mol. The van der Waals surface area contributed by atoms with Crippen molar-refractivity contribution in [1.29, 1.82) is 0 Å². The highest BCUT2D eigenvalue weighted by Gasteiger charge is 2.31. The summed E-state index contributed by atoms with van der Waals surface area (Å²) in [5.74, 6) is 0. The van der Waals surface area contributed by atoms with E-state index in [2.05, 4.69) is 16.4 Å². The highest BCUT2D eigenvalue weighted by atomic mass is 16.3. The predicted molar refractivity (Wildman–Crippen MR) is 72.4 cm³/mol. The highest BCUT2D eigenvalue weighted by Crippen LogP contribution is 2.35. The van der Waals surface area contributed by atoms with Gasteiger partial charge < -0.3 is 10.4 Å². The Bertz CT molecular complexity index is 540. The van der Waals surface area contributed by atoms with Crippen LogP contribution in [0.25, 0.3) is 10.8 Å². The number of nitrogens with zero attached hydrogens (tertiary/aromatic N) is 1. The molecule has 0 radical (unpaired) electrons. The second-order valence-electron chi connectivity index (χ2n) is 5.04. The van der Waals surface area contributed by atoms with Gasteiger partial charge in [-0.2, -0.15) is 0 Å². The van der Waals surface area contributed by atoms with Crippen LogP contribution in [0, 0.1) is 0 Å². The molecular weight excluding hydrogens is 224 g/mol. The van der Waals surface area contributed by atoms with Crippen LogP contribution in [0.15, 0.2) is 36.7 Å². The van der Waals surface area contributed by atoms with Gasteiger partial charge in [0.05, 0.1) is 5.60 Å². The van der Waals surface area contributed by atoms with Crippen LogP contribution in [0.5, 0.6) is 0 Å². The maximum Gasteiger partial charge on any atom is 0.0915 e. The minimum atomic E-state index is -0.716. The second kappa shape index (κ2) is 4.67. The lowest BCUT2D eigenvalue weighted by molar-refractivity contribution is 0.0255. The Labute approximate surface area is 107 Å². The first kappa shape index (κ1) is 11.6. The minimum absolute atomic E-state index is 0.716. The SMILES string of the molecule is OC1(c2cccc3ccncc23)CCCNCC1. The maximum absolute atomic E-state index is 11.0. The third-order valence-corrected chi connectivity index (χ3v) is 3.84. The van der Waals surface area contributed by atoms with Gasteiger partial charge in [-0.05, 0) is 49.4 Å². The van der Waals surface area contributed by atoms with E-state index in [1.807, 2.05) is 24.4 Å². The van der Waals surface area contributed by atoms with Crippen LogP contribution >= 0.6 is 0 Å². The number of rotatable bonds is 1. The molecule has 18 heavy (non-hydrogen) atoms. The molecule has 1 fully saturated rings. The number of aliphatic hydroxyl groups is 1. The first-order chi connectivity index (χ1) is 8.80. The molecule has 2 N–H and O–H groups in total. The zero-order chi connectivity index (χ0) is 12.4. The standard InChI is InChI=1S/C15H18N2O/c18-15(6-2-8-16-10-7-15)14-4-1-3-12-5-9-17-11-13(12)14/h1,3-5,9,11,16,18H,2,6-8,10H2. The van der Waals surface area contributed by atoms with E-state index in [0.29, 0.717) is 0 Å². The summed E-state index contributed by atoms with van der Waals surface area (Å²) in [6, 6.07) is 8.12. The van der Waals surface area contributed by atoms with Gasteiger partial charge in [0.1, 0.15) is 0 Å². The number of hydrogen-bond donors (Lipinski definition) is 2. The van der Waals surface area contributed by atoms with Crippen LogP contribution in [0.1, 0.15) is 24.8 Å². The van der Waals surface area contributed by atoms with E-state index in [9.17, 15) is 5.11 Å². The van der Waals surface area contributed by atoms with E-state index >= 15 is 0 Å². The number of nitrogens with one attached hydrogen (secondary N) is 1. The first-order valence-electron chi connectivity index (χ1n) is 6.56. The molecule has 94 valence electrons. The van der Waals surface area contributed by atoms with Gasteiger partial charge in [0.2, 0.25) is 0 Å². The number of hydrogen-bond acceptors (Lipinski definition) is 3. The Kier molecular flexibility index (Phi) is 3.02. The Morgan fingerprint density at radius 2 is 2.11 bits per heavy atom. The molecule has 0 aliphatic carbocycles. The topological polar surface area (TPSA) is 45.2 Å². The van der Waals surface area contributed by atoms with E-state index in [1.54, 1.807) is 6.20 Å².